The highest BCUT2D eigenvalue weighted by Crippen LogP contribution is 2.48. The lowest BCUT2D eigenvalue weighted by molar-refractivity contribution is 0.499. The van der Waals surface area contributed by atoms with E-state index in [9.17, 15) is 4.57 Å². The molecule has 4 rings (SSSR count). The fourth-order valence-corrected chi connectivity index (χ4v) is 4.22. The second-order valence-corrected chi connectivity index (χ2v) is 6.83. The predicted molar refractivity (Wildman–Crippen MR) is 91.8 cm³/mol. The Balaban J connectivity index is 1.74. The molecule has 0 N–H and O–H groups in total. The van der Waals surface area contributed by atoms with Crippen LogP contribution in [0.4, 0.5) is 0 Å². The van der Waals surface area contributed by atoms with Crippen molar-refractivity contribution in [2.24, 2.45) is 0 Å². The average molecular weight is 306 g/mol. The van der Waals surface area contributed by atoms with Crippen molar-refractivity contribution in [3.63, 3.8) is 0 Å². The van der Waals surface area contributed by atoms with Crippen molar-refractivity contribution in [1.29, 1.82) is 0 Å². The van der Waals surface area contributed by atoms with Gasteiger partial charge in [0, 0.05) is 0 Å². The average Bonchev–Trinajstić information content (AvgIpc) is 2.56. The van der Waals surface area contributed by atoms with E-state index in [1.165, 1.54) is 16.3 Å². The summed E-state index contributed by atoms with van der Waals surface area (Å²) < 4.78 is 18.4. The van der Waals surface area contributed by atoms with Gasteiger partial charge in [-0.15, -0.1) is 0 Å². The van der Waals surface area contributed by atoms with E-state index in [-0.39, 0.29) is 5.66 Å². The molecule has 3 aromatic rings. The summed E-state index contributed by atoms with van der Waals surface area (Å²) >= 11 is 0. The molecule has 0 saturated carbocycles. The molecule has 0 amide bonds. The molecule has 3 heteroatoms. The van der Waals surface area contributed by atoms with Crippen LogP contribution in [0.25, 0.3) is 16.8 Å². The number of allylic oxidation sites excluding steroid dienone is 1. The van der Waals surface area contributed by atoms with E-state index < -0.39 is 8.03 Å². The Hall–Kier alpha value is -2.31. The number of benzene rings is 3. The summed E-state index contributed by atoms with van der Waals surface area (Å²) in [4.78, 5) is 0. The number of para-hydroxylation sites is 1. The molecular weight excluding hydrogens is 291 g/mol. The van der Waals surface area contributed by atoms with Crippen molar-refractivity contribution in [3.05, 3.63) is 83.9 Å². The van der Waals surface area contributed by atoms with Crippen molar-refractivity contribution in [1.82, 2.24) is 0 Å². The Labute approximate surface area is 129 Å². The fourth-order valence-electron chi connectivity index (χ4n) is 2.98. The molecule has 22 heavy (non-hydrogen) atoms. The number of hydrogen-bond acceptors (Lipinski definition) is 2. The van der Waals surface area contributed by atoms with Crippen molar-refractivity contribution < 1.29 is 9.09 Å². The van der Waals surface area contributed by atoms with Crippen LogP contribution in [0.1, 0.15) is 16.8 Å². The van der Waals surface area contributed by atoms with Gasteiger partial charge < -0.3 is 4.52 Å². The fraction of sp³-hybridized carbons (Fsp3) is 0.0526. The van der Waals surface area contributed by atoms with Gasteiger partial charge in [-0.3, -0.25) is 4.57 Å². The van der Waals surface area contributed by atoms with E-state index in [4.69, 9.17) is 4.52 Å². The van der Waals surface area contributed by atoms with Crippen LogP contribution in [-0.2, 0) is 4.57 Å². The summed E-state index contributed by atoms with van der Waals surface area (Å²) in [5, 5.41) is 2.37. The highest BCUT2D eigenvalue weighted by Gasteiger charge is 2.23. The first-order valence-electron chi connectivity index (χ1n) is 7.29. The molecule has 108 valence electrons. The third kappa shape index (κ3) is 2.26. The molecule has 0 spiro atoms. The van der Waals surface area contributed by atoms with Crippen LogP contribution in [0.5, 0.6) is 5.75 Å². The van der Waals surface area contributed by atoms with E-state index in [0.29, 0.717) is 5.75 Å². The van der Waals surface area contributed by atoms with E-state index in [2.05, 4.69) is 36.4 Å². The highest BCUT2D eigenvalue weighted by molar-refractivity contribution is 7.40. The first-order valence-corrected chi connectivity index (χ1v) is 8.69. The second-order valence-electron chi connectivity index (χ2n) is 5.36. The third-order valence-electron chi connectivity index (χ3n) is 3.99. The molecule has 2 nitrogen and oxygen atoms in total. The standard InChI is InChI=1S/C19H15O2P/c20-22(21-16-9-2-1-3-10-16)18-13-12-15-7-4-6-14-8-5-11-17(18)19(14)15/h1-13,18,22H. The van der Waals surface area contributed by atoms with Crippen LogP contribution < -0.4 is 4.52 Å². The Morgan fingerprint density at radius 1 is 0.864 bits per heavy atom. The summed E-state index contributed by atoms with van der Waals surface area (Å²) in [6, 6.07) is 21.8. The summed E-state index contributed by atoms with van der Waals surface area (Å²) in [6.07, 6.45) is 4.05. The van der Waals surface area contributed by atoms with Gasteiger partial charge in [0.05, 0.1) is 5.66 Å². The van der Waals surface area contributed by atoms with Crippen molar-refractivity contribution >= 4 is 24.9 Å². The number of rotatable bonds is 3. The quantitative estimate of drug-likeness (QED) is 0.600. The van der Waals surface area contributed by atoms with E-state index in [1.807, 2.05) is 42.5 Å². The molecule has 0 aliphatic heterocycles. The zero-order valence-corrected chi connectivity index (χ0v) is 12.9. The molecule has 2 atom stereocenters. The van der Waals surface area contributed by atoms with Gasteiger partial charge in [-0.05, 0) is 34.0 Å². The molecule has 1 aliphatic rings. The maximum Gasteiger partial charge on any atom is 0.247 e. The van der Waals surface area contributed by atoms with Gasteiger partial charge in [0.2, 0.25) is 8.03 Å². The monoisotopic (exact) mass is 306 g/mol. The first kappa shape index (κ1) is 13.4. The Morgan fingerprint density at radius 3 is 2.45 bits per heavy atom. The molecule has 1 aliphatic carbocycles. The summed E-state index contributed by atoms with van der Waals surface area (Å²) in [5.74, 6) is 0.658. The highest BCUT2D eigenvalue weighted by atomic mass is 31.1. The van der Waals surface area contributed by atoms with Gasteiger partial charge >= 0.3 is 0 Å². The van der Waals surface area contributed by atoms with Gasteiger partial charge in [0.25, 0.3) is 0 Å². The SMILES string of the molecule is O=[PH](Oc1ccccc1)C1C=Cc2cccc3cccc1c23. The van der Waals surface area contributed by atoms with Crippen LogP contribution in [0.15, 0.2) is 72.8 Å². The lowest BCUT2D eigenvalue weighted by atomic mass is 9.93. The summed E-state index contributed by atoms with van der Waals surface area (Å²) in [7, 11) is -2.27. The molecule has 0 saturated heterocycles. The first-order chi connectivity index (χ1) is 10.8. The maximum atomic E-state index is 12.7. The van der Waals surface area contributed by atoms with E-state index in [0.717, 1.165) is 5.56 Å². The van der Waals surface area contributed by atoms with Crippen LogP contribution in [0.3, 0.4) is 0 Å². The topological polar surface area (TPSA) is 26.3 Å². The zero-order chi connectivity index (χ0) is 14.9. The smallest absolute Gasteiger partial charge is 0.247 e. The van der Waals surface area contributed by atoms with Gasteiger partial charge in [-0.2, -0.15) is 0 Å². The molecule has 0 fully saturated rings. The Morgan fingerprint density at radius 2 is 1.64 bits per heavy atom. The van der Waals surface area contributed by atoms with Crippen LogP contribution in [0.2, 0.25) is 0 Å². The maximum absolute atomic E-state index is 12.7. The molecule has 0 bridgehead atoms. The second kappa shape index (κ2) is 5.47. The Bertz CT molecular complexity index is 879. The lowest BCUT2D eigenvalue weighted by Gasteiger charge is -2.21. The zero-order valence-electron chi connectivity index (χ0n) is 11.9. The van der Waals surface area contributed by atoms with E-state index in [1.54, 1.807) is 0 Å². The molecule has 0 heterocycles. The van der Waals surface area contributed by atoms with Crippen LogP contribution in [0, 0.1) is 0 Å². The molecular formula is C19H15O2P. The van der Waals surface area contributed by atoms with Gasteiger partial charge in [0.15, 0.2) is 0 Å². The minimum Gasteiger partial charge on any atom is -0.444 e. The van der Waals surface area contributed by atoms with E-state index >= 15 is 0 Å². The molecule has 0 radical (unpaired) electrons. The normalized spacial score (nSPS) is 17.4. The molecule has 3 aromatic carbocycles. The third-order valence-corrected chi connectivity index (χ3v) is 5.44. The largest absolute Gasteiger partial charge is 0.444 e. The van der Waals surface area contributed by atoms with Gasteiger partial charge in [-0.1, -0.05) is 66.7 Å². The summed E-state index contributed by atoms with van der Waals surface area (Å²) in [6.45, 7) is 0. The lowest BCUT2D eigenvalue weighted by Crippen LogP contribution is -2.00. The predicted octanol–water partition coefficient (Wildman–Crippen LogP) is 5.46. The summed E-state index contributed by atoms with van der Waals surface area (Å²) in [5.41, 5.74) is 2.10. The van der Waals surface area contributed by atoms with Gasteiger partial charge in [0.1, 0.15) is 5.75 Å². The van der Waals surface area contributed by atoms with Gasteiger partial charge in [-0.25, -0.2) is 0 Å². The van der Waals surface area contributed by atoms with Crippen LogP contribution in [-0.4, -0.2) is 0 Å². The Kier molecular flexibility index (Phi) is 3.32. The minimum absolute atomic E-state index is 0.177. The molecule has 0 aromatic heterocycles. The van der Waals surface area contributed by atoms with Crippen molar-refractivity contribution in [2.75, 3.05) is 0 Å². The van der Waals surface area contributed by atoms with Crippen molar-refractivity contribution in [2.45, 2.75) is 5.66 Å². The minimum atomic E-state index is -2.27. The molecule has 2 unspecified atom stereocenters. The van der Waals surface area contributed by atoms with Crippen molar-refractivity contribution in [3.8, 4) is 5.75 Å². The van der Waals surface area contributed by atoms with Crippen LogP contribution >= 0.6 is 8.03 Å². The number of hydrogen-bond donors (Lipinski definition) is 0.